The van der Waals surface area contributed by atoms with Gasteiger partial charge in [0.15, 0.2) is 0 Å². The maximum atomic E-state index is 2.48. The van der Waals surface area contributed by atoms with Crippen LogP contribution in [0.1, 0.15) is 15.2 Å². The largest absolute Gasteiger partial charge is 0.287 e. The van der Waals surface area contributed by atoms with Gasteiger partial charge in [-0.2, -0.15) is 0 Å². The minimum Gasteiger partial charge on any atom is -0.287 e. The predicted octanol–water partition coefficient (Wildman–Crippen LogP) is 2.57. The SMILES string of the molecule is CN1Cc2ccccc2C1I. The smallest absolute Gasteiger partial charge is 0.0877 e. The molecule has 1 atom stereocenters. The van der Waals surface area contributed by atoms with Crippen molar-refractivity contribution >= 4 is 22.6 Å². The highest BCUT2D eigenvalue weighted by atomic mass is 127. The minimum atomic E-state index is 0.573. The zero-order valence-corrected chi connectivity index (χ0v) is 8.58. The maximum Gasteiger partial charge on any atom is 0.0877 e. The van der Waals surface area contributed by atoms with Crippen molar-refractivity contribution in [2.24, 2.45) is 0 Å². The van der Waals surface area contributed by atoms with Crippen molar-refractivity contribution in [2.75, 3.05) is 7.05 Å². The van der Waals surface area contributed by atoms with Crippen LogP contribution in [-0.4, -0.2) is 11.9 Å². The summed E-state index contributed by atoms with van der Waals surface area (Å²) < 4.78 is 0.573. The van der Waals surface area contributed by atoms with E-state index in [1.807, 2.05) is 0 Å². The lowest BCUT2D eigenvalue weighted by Gasteiger charge is -2.11. The van der Waals surface area contributed by atoms with E-state index in [-0.39, 0.29) is 0 Å². The van der Waals surface area contributed by atoms with Crippen molar-refractivity contribution in [3.05, 3.63) is 35.4 Å². The molecule has 0 spiro atoms. The van der Waals surface area contributed by atoms with E-state index in [1.54, 1.807) is 0 Å². The van der Waals surface area contributed by atoms with Gasteiger partial charge in [-0.15, -0.1) is 0 Å². The van der Waals surface area contributed by atoms with E-state index in [9.17, 15) is 0 Å². The van der Waals surface area contributed by atoms with Crippen molar-refractivity contribution in [3.8, 4) is 0 Å². The first-order valence-corrected chi connectivity index (χ1v) is 4.96. The molecule has 0 bridgehead atoms. The first kappa shape index (κ1) is 7.55. The fourth-order valence-corrected chi connectivity index (χ4v) is 2.30. The molecule has 0 radical (unpaired) electrons. The first-order valence-electron chi connectivity index (χ1n) is 3.71. The molecule has 0 saturated carbocycles. The summed E-state index contributed by atoms with van der Waals surface area (Å²) in [5.41, 5.74) is 2.96. The van der Waals surface area contributed by atoms with Crippen LogP contribution in [0.5, 0.6) is 0 Å². The lowest BCUT2D eigenvalue weighted by atomic mass is 10.1. The molecule has 0 saturated heterocycles. The van der Waals surface area contributed by atoms with E-state index >= 15 is 0 Å². The summed E-state index contributed by atoms with van der Waals surface area (Å²) in [6.45, 7) is 1.10. The molecule has 1 aliphatic rings. The van der Waals surface area contributed by atoms with Gasteiger partial charge >= 0.3 is 0 Å². The van der Waals surface area contributed by atoms with Crippen molar-refractivity contribution < 1.29 is 0 Å². The Hall–Kier alpha value is -0.0900. The molecule has 0 fully saturated rings. The molecule has 2 heteroatoms. The third-order valence-corrected chi connectivity index (χ3v) is 3.74. The van der Waals surface area contributed by atoms with Gasteiger partial charge in [0, 0.05) is 6.54 Å². The van der Waals surface area contributed by atoms with E-state index < -0.39 is 0 Å². The Morgan fingerprint density at radius 2 is 2.18 bits per heavy atom. The van der Waals surface area contributed by atoms with Crippen LogP contribution in [0.15, 0.2) is 24.3 Å². The van der Waals surface area contributed by atoms with Crippen molar-refractivity contribution in [3.63, 3.8) is 0 Å². The minimum absolute atomic E-state index is 0.573. The zero-order valence-electron chi connectivity index (χ0n) is 6.42. The van der Waals surface area contributed by atoms with Gasteiger partial charge in [0.05, 0.1) is 4.05 Å². The van der Waals surface area contributed by atoms with Crippen LogP contribution in [0.2, 0.25) is 0 Å². The highest BCUT2D eigenvalue weighted by molar-refractivity contribution is 14.1. The number of fused-ring (bicyclic) bond motifs is 1. The summed E-state index contributed by atoms with van der Waals surface area (Å²) in [6, 6.07) is 8.66. The molecule has 1 unspecified atom stereocenters. The second-order valence-electron chi connectivity index (χ2n) is 2.95. The average molecular weight is 259 g/mol. The van der Waals surface area contributed by atoms with Gasteiger partial charge in [-0.1, -0.05) is 46.9 Å². The Labute approximate surface area is 80.5 Å². The van der Waals surface area contributed by atoms with Gasteiger partial charge in [-0.05, 0) is 18.2 Å². The van der Waals surface area contributed by atoms with E-state index in [4.69, 9.17) is 0 Å². The lowest BCUT2D eigenvalue weighted by molar-refractivity contribution is 0.356. The van der Waals surface area contributed by atoms with E-state index in [2.05, 4.69) is 58.8 Å². The molecular weight excluding hydrogens is 249 g/mol. The summed E-state index contributed by atoms with van der Waals surface area (Å²) in [5.74, 6) is 0. The molecule has 11 heavy (non-hydrogen) atoms. The van der Waals surface area contributed by atoms with Gasteiger partial charge in [0.1, 0.15) is 0 Å². The van der Waals surface area contributed by atoms with Crippen molar-refractivity contribution in [1.29, 1.82) is 0 Å². The Morgan fingerprint density at radius 3 is 2.91 bits per heavy atom. The highest BCUT2D eigenvalue weighted by Crippen LogP contribution is 2.36. The molecule has 0 N–H and O–H groups in total. The number of rotatable bonds is 0. The summed E-state index contributed by atoms with van der Waals surface area (Å²) >= 11 is 2.48. The Morgan fingerprint density at radius 1 is 1.45 bits per heavy atom. The molecule has 1 nitrogen and oxygen atoms in total. The molecular formula is C9H10IN. The second kappa shape index (κ2) is 2.75. The van der Waals surface area contributed by atoms with E-state index in [0.717, 1.165) is 6.54 Å². The Kier molecular flexibility index (Phi) is 1.89. The fourth-order valence-electron chi connectivity index (χ4n) is 1.50. The van der Waals surface area contributed by atoms with Gasteiger partial charge in [0.25, 0.3) is 0 Å². The standard InChI is InChI=1S/C9H10IN/c1-11-6-7-4-2-3-5-8(7)9(11)10/h2-5,9H,6H2,1H3. The quantitative estimate of drug-likeness (QED) is 0.393. The fraction of sp³-hybridized carbons (Fsp3) is 0.333. The van der Waals surface area contributed by atoms with Crippen LogP contribution < -0.4 is 0 Å². The van der Waals surface area contributed by atoms with Crippen molar-refractivity contribution in [1.82, 2.24) is 4.90 Å². The number of halogens is 1. The Bertz CT molecular complexity index is 272. The highest BCUT2D eigenvalue weighted by Gasteiger charge is 2.23. The molecule has 0 aromatic heterocycles. The van der Waals surface area contributed by atoms with Crippen LogP contribution in [0, 0.1) is 0 Å². The third-order valence-electron chi connectivity index (χ3n) is 2.12. The second-order valence-corrected chi connectivity index (χ2v) is 4.13. The monoisotopic (exact) mass is 259 g/mol. The first-order chi connectivity index (χ1) is 5.29. The van der Waals surface area contributed by atoms with Crippen LogP contribution in [0.4, 0.5) is 0 Å². The molecule has 1 aliphatic heterocycles. The molecule has 0 aliphatic carbocycles. The number of nitrogens with zero attached hydrogens (tertiary/aromatic N) is 1. The van der Waals surface area contributed by atoms with E-state index in [1.165, 1.54) is 11.1 Å². The number of alkyl halides is 1. The van der Waals surface area contributed by atoms with Crippen LogP contribution in [-0.2, 0) is 6.54 Å². The van der Waals surface area contributed by atoms with Gasteiger partial charge in [-0.25, -0.2) is 0 Å². The number of hydrogen-bond acceptors (Lipinski definition) is 1. The number of hydrogen-bond donors (Lipinski definition) is 0. The number of benzene rings is 1. The lowest BCUT2D eigenvalue weighted by Crippen LogP contribution is -2.10. The van der Waals surface area contributed by atoms with Gasteiger partial charge < -0.3 is 0 Å². The summed E-state index contributed by atoms with van der Waals surface area (Å²) in [7, 11) is 2.16. The molecule has 1 aromatic rings. The molecule has 1 heterocycles. The van der Waals surface area contributed by atoms with Crippen LogP contribution in [0.3, 0.4) is 0 Å². The Balaban J connectivity index is 2.47. The zero-order chi connectivity index (χ0) is 7.84. The average Bonchev–Trinajstić information content (AvgIpc) is 2.30. The van der Waals surface area contributed by atoms with E-state index in [0.29, 0.717) is 4.05 Å². The molecule has 2 rings (SSSR count). The van der Waals surface area contributed by atoms with Crippen molar-refractivity contribution in [2.45, 2.75) is 10.6 Å². The third kappa shape index (κ3) is 1.18. The van der Waals surface area contributed by atoms with Crippen LogP contribution in [0.25, 0.3) is 0 Å². The summed E-state index contributed by atoms with van der Waals surface area (Å²) in [4.78, 5) is 2.35. The maximum absolute atomic E-state index is 2.48. The van der Waals surface area contributed by atoms with Crippen LogP contribution >= 0.6 is 22.6 Å². The summed E-state index contributed by atoms with van der Waals surface area (Å²) in [6.07, 6.45) is 0. The molecule has 58 valence electrons. The topological polar surface area (TPSA) is 3.24 Å². The predicted molar refractivity (Wildman–Crippen MR) is 54.7 cm³/mol. The normalized spacial score (nSPS) is 23.6. The molecule has 0 amide bonds. The summed E-state index contributed by atoms with van der Waals surface area (Å²) in [5, 5.41) is 0. The van der Waals surface area contributed by atoms with Gasteiger partial charge in [-0.3, -0.25) is 4.90 Å². The molecule has 1 aromatic carbocycles. The van der Waals surface area contributed by atoms with Gasteiger partial charge in [0.2, 0.25) is 0 Å².